The first-order valence-electron chi connectivity index (χ1n) is 6.42. The van der Waals surface area contributed by atoms with Gasteiger partial charge in [0, 0.05) is 10.4 Å². The Hall–Kier alpha value is -1.49. The molecule has 0 amide bonds. The minimum Gasteiger partial charge on any atom is -0.395 e. The van der Waals surface area contributed by atoms with Gasteiger partial charge in [0.15, 0.2) is 11.6 Å². The fraction of sp³-hybridized carbons (Fsp3) is 0.250. The van der Waals surface area contributed by atoms with Gasteiger partial charge in [0.2, 0.25) is 0 Å². The van der Waals surface area contributed by atoms with Crippen molar-refractivity contribution in [2.45, 2.75) is 11.8 Å². The van der Waals surface area contributed by atoms with Gasteiger partial charge in [-0.2, -0.15) is 0 Å². The van der Waals surface area contributed by atoms with Crippen molar-refractivity contribution in [1.29, 1.82) is 0 Å². The maximum atomic E-state index is 13.3. The van der Waals surface area contributed by atoms with Crippen LogP contribution in [0, 0.1) is 11.6 Å². The summed E-state index contributed by atoms with van der Waals surface area (Å²) in [4.78, 5) is 0. The largest absolute Gasteiger partial charge is 0.395 e. The molecule has 112 valence electrons. The van der Waals surface area contributed by atoms with Crippen LogP contribution in [-0.4, -0.2) is 23.4 Å². The smallest absolute Gasteiger partial charge is 0.159 e. The minimum atomic E-state index is -1.00. The molecule has 2 aromatic rings. The molecule has 2 aromatic carbocycles. The van der Waals surface area contributed by atoms with E-state index in [0.29, 0.717) is 16.1 Å². The average molecular weight is 313 g/mol. The molecule has 0 saturated heterocycles. The number of aliphatic hydroxyl groups is 2. The molecule has 0 atom stereocenters. The number of rotatable bonds is 5. The molecule has 0 radical (unpaired) electrons. The summed E-state index contributed by atoms with van der Waals surface area (Å²) in [5, 5.41) is 19.9. The van der Waals surface area contributed by atoms with Gasteiger partial charge in [-0.1, -0.05) is 29.8 Å². The van der Waals surface area contributed by atoms with Crippen molar-refractivity contribution in [3.63, 3.8) is 0 Å². The van der Waals surface area contributed by atoms with Crippen LogP contribution in [-0.2, 0) is 11.8 Å². The molecule has 2 nitrogen and oxygen atoms in total. The molecule has 0 spiro atoms. The first-order chi connectivity index (χ1) is 10.0. The number of benzene rings is 2. The van der Waals surface area contributed by atoms with Gasteiger partial charge in [-0.05, 0) is 41.8 Å². The quantitative estimate of drug-likeness (QED) is 0.891. The zero-order chi connectivity index (χ0) is 15.5. The number of halogens is 3. The van der Waals surface area contributed by atoms with Gasteiger partial charge in [-0.15, -0.1) is 0 Å². The van der Waals surface area contributed by atoms with Crippen LogP contribution >= 0.6 is 11.6 Å². The molecule has 0 saturated carbocycles. The van der Waals surface area contributed by atoms with Crippen LogP contribution in [0.15, 0.2) is 42.5 Å². The Morgan fingerprint density at radius 1 is 0.952 bits per heavy atom. The molecule has 5 heteroatoms. The Bertz CT molecular complexity index is 627. The van der Waals surface area contributed by atoms with E-state index in [9.17, 15) is 19.0 Å². The zero-order valence-corrected chi connectivity index (χ0v) is 11.9. The second-order valence-corrected chi connectivity index (χ2v) is 5.47. The highest BCUT2D eigenvalue weighted by molar-refractivity contribution is 6.30. The molecule has 0 aliphatic carbocycles. The Balaban J connectivity index is 2.40. The maximum absolute atomic E-state index is 13.3. The van der Waals surface area contributed by atoms with Crippen LogP contribution in [0.5, 0.6) is 0 Å². The highest BCUT2D eigenvalue weighted by Gasteiger charge is 2.31. The van der Waals surface area contributed by atoms with E-state index in [4.69, 9.17) is 11.6 Å². The van der Waals surface area contributed by atoms with Crippen molar-refractivity contribution >= 4 is 11.6 Å². The molecule has 2 N–H and O–H groups in total. The van der Waals surface area contributed by atoms with E-state index in [-0.39, 0.29) is 19.6 Å². The van der Waals surface area contributed by atoms with Crippen LogP contribution in [0.4, 0.5) is 8.78 Å². The van der Waals surface area contributed by atoms with E-state index in [1.165, 1.54) is 6.07 Å². The van der Waals surface area contributed by atoms with E-state index < -0.39 is 17.0 Å². The highest BCUT2D eigenvalue weighted by Crippen LogP contribution is 2.30. The third-order valence-corrected chi connectivity index (χ3v) is 3.80. The van der Waals surface area contributed by atoms with Crippen LogP contribution < -0.4 is 0 Å². The minimum absolute atomic E-state index is 0.164. The first kappa shape index (κ1) is 15.9. The van der Waals surface area contributed by atoms with Crippen LogP contribution in [0.2, 0.25) is 5.02 Å². The number of aliphatic hydroxyl groups excluding tert-OH is 2. The van der Waals surface area contributed by atoms with Crippen molar-refractivity contribution in [3.8, 4) is 0 Å². The van der Waals surface area contributed by atoms with E-state index in [0.717, 1.165) is 12.1 Å². The van der Waals surface area contributed by atoms with Gasteiger partial charge < -0.3 is 10.2 Å². The molecule has 2 rings (SSSR count). The second-order valence-electron chi connectivity index (χ2n) is 5.03. The summed E-state index contributed by atoms with van der Waals surface area (Å²) in [6.07, 6.45) is 0.164. The summed E-state index contributed by atoms with van der Waals surface area (Å²) < 4.78 is 26.3. The Morgan fingerprint density at radius 2 is 1.67 bits per heavy atom. The third-order valence-electron chi connectivity index (χ3n) is 3.57. The molecule has 0 bridgehead atoms. The van der Waals surface area contributed by atoms with Crippen LogP contribution in [0.25, 0.3) is 0 Å². The Morgan fingerprint density at radius 3 is 2.24 bits per heavy atom. The van der Waals surface area contributed by atoms with Gasteiger partial charge in [0.05, 0.1) is 13.2 Å². The Labute approximate surface area is 126 Å². The molecule has 21 heavy (non-hydrogen) atoms. The predicted octanol–water partition coefficient (Wildman–Crippen LogP) is 3.08. The predicted molar refractivity (Wildman–Crippen MR) is 77.4 cm³/mol. The lowest BCUT2D eigenvalue weighted by Crippen LogP contribution is -2.37. The van der Waals surface area contributed by atoms with Gasteiger partial charge in [0.1, 0.15) is 0 Å². The lowest BCUT2D eigenvalue weighted by molar-refractivity contribution is 0.116. The van der Waals surface area contributed by atoms with Crippen LogP contribution in [0.1, 0.15) is 11.1 Å². The molecular formula is C16H15ClF2O2. The molecule has 0 unspecified atom stereocenters. The fourth-order valence-corrected chi connectivity index (χ4v) is 2.50. The van der Waals surface area contributed by atoms with Crippen molar-refractivity contribution in [3.05, 3.63) is 70.2 Å². The lowest BCUT2D eigenvalue weighted by Gasteiger charge is -2.30. The SMILES string of the molecule is OCC(CO)(Cc1ccc(F)c(F)c1)c1cccc(Cl)c1. The van der Waals surface area contributed by atoms with Gasteiger partial charge in [-0.3, -0.25) is 0 Å². The monoisotopic (exact) mass is 312 g/mol. The molecule has 0 aromatic heterocycles. The first-order valence-corrected chi connectivity index (χ1v) is 6.80. The Kier molecular flexibility index (Phi) is 4.93. The molecule has 0 heterocycles. The van der Waals surface area contributed by atoms with E-state index in [1.807, 2.05) is 0 Å². The standard InChI is InChI=1S/C16H15ClF2O2/c17-13-3-1-2-12(7-13)16(9-20,10-21)8-11-4-5-14(18)15(19)6-11/h1-7,20-21H,8-10H2. The average Bonchev–Trinajstić information content (AvgIpc) is 2.48. The fourth-order valence-electron chi connectivity index (χ4n) is 2.31. The summed E-state index contributed by atoms with van der Waals surface area (Å²) in [6, 6.07) is 10.3. The van der Waals surface area contributed by atoms with Crippen LogP contribution in [0.3, 0.4) is 0 Å². The van der Waals surface area contributed by atoms with E-state index >= 15 is 0 Å². The summed E-state index contributed by atoms with van der Waals surface area (Å²) in [5.74, 6) is -1.89. The van der Waals surface area contributed by atoms with Crippen molar-refractivity contribution < 1.29 is 19.0 Å². The van der Waals surface area contributed by atoms with E-state index in [2.05, 4.69) is 0 Å². The second kappa shape index (κ2) is 6.52. The normalized spacial score (nSPS) is 11.7. The van der Waals surface area contributed by atoms with Gasteiger partial charge in [-0.25, -0.2) is 8.78 Å². The maximum Gasteiger partial charge on any atom is 0.159 e. The molecule has 0 fully saturated rings. The number of hydrogen-bond acceptors (Lipinski definition) is 2. The number of hydrogen-bond donors (Lipinski definition) is 2. The summed E-state index contributed by atoms with van der Waals surface area (Å²) >= 11 is 5.94. The topological polar surface area (TPSA) is 40.5 Å². The highest BCUT2D eigenvalue weighted by atomic mass is 35.5. The summed E-state index contributed by atoms with van der Waals surface area (Å²) in [5.41, 5.74) is 0.122. The third kappa shape index (κ3) is 3.40. The van der Waals surface area contributed by atoms with Crippen molar-refractivity contribution in [2.75, 3.05) is 13.2 Å². The van der Waals surface area contributed by atoms with Crippen molar-refractivity contribution in [2.24, 2.45) is 0 Å². The summed E-state index contributed by atoms with van der Waals surface area (Å²) in [7, 11) is 0. The lowest BCUT2D eigenvalue weighted by atomic mass is 9.77. The van der Waals surface area contributed by atoms with Crippen molar-refractivity contribution in [1.82, 2.24) is 0 Å². The summed E-state index contributed by atoms with van der Waals surface area (Å²) in [6.45, 7) is -0.689. The van der Waals surface area contributed by atoms with Gasteiger partial charge >= 0.3 is 0 Å². The van der Waals surface area contributed by atoms with E-state index in [1.54, 1.807) is 24.3 Å². The molecule has 0 aliphatic rings. The van der Waals surface area contributed by atoms with Gasteiger partial charge in [0.25, 0.3) is 0 Å². The molecular weight excluding hydrogens is 298 g/mol. The zero-order valence-electron chi connectivity index (χ0n) is 11.2. The molecule has 0 aliphatic heterocycles.